The maximum Gasteiger partial charge on any atom is 0.325 e. The van der Waals surface area contributed by atoms with E-state index in [9.17, 15) is 4.79 Å². The summed E-state index contributed by atoms with van der Waals surface area (Å²) >= 11 is 1.44. The summed E-state index contributed by atoms with van der Waals surface area (Å²) in [6.07, 6.45) is 1.76. The van der Waals surface area contributed by atoms with Crippen molar-refractivity contribution in [1.82, 2.24) is 4.98 Å². The molecule has 0 fully saturated rings. The van der Waals surface area contributed by atoms with E-state index in [0.717, 1.165) is 4.88 Å². The number of nitrogens with two attached hydrogens (primary N) is 2. The second-order valence-electron chi connectivity index (χ2n) is 4.43. The molecule has 100 valence electrons. The fourth-order valence-corrected chi connectivity index (χ4v) is 2.59. The summed E-state index contributed by atoms with van der Waals surface area (Å²) in [6.45, 7) is 4.14. The molecule has 0 saturated carbocycles. The molecule has 0 aliphatic carbocycles. The minimum absolute atomic E-state index is 0.356. The first kappa shape index (κ1) is 13.4. The van der Waals surface area contributed by atoms with Crippen LogP contribution in [0.2, 0.25) is 0 Å². The molecule has 19 heavy (non-hydrogen) atoms. The second-order valence-corrected chi connectivity index (χ2v) is 5.47. The maximum atomic E-state index is 11.7. The topological polar surface area (TPSA) is 85.2 Å². The summed E-state index contributed by atoms with van der Waals surface area (Å²) < 4.78 is 0. The molecular formula is C13H16N4OS. The van der Waals surface area contributed by atoms with Crippen molar-refractivity contribution >= 4 is 33.9 Å². The Balaban J connectivity index is 2.46. The van der Waals surface area contributed by atoms with Crippen molar-refractivity contribution in [3.8, 4) is 0 Å². The number of carbonyl (C=O) groups excluding carboxylic acids is 1. The Bertz CT molecular complexity index is 594. The standard InChI is InChI=1S/C13H16N4OS/c1-8(2)11-7-16-13(19-11)17(12(15)18)10-6-4-3-5-9(10)14/h3-8H,14H2,1-2H3,(H2,15,18). The van der Waals surface area contributed by atoms with Crippen molar-refractivity contribution in [2.45, 2.75) is 19.8 Å². The van der Waals surface area contributed by atoms with Crippen LogP contribution >= 0.6 is 11.3 Å². The van der Waals surface area contributed by atoms with Gasteiger partial charge in [-0.3, -0.25) is 0 Å². The predicted molar refractivity (Wildman–Crippen MR) is 78.8 cm³/mol. The molecule has 2 rings (SSSR count). The van der Waals surface area contributed by atoms with Crippen LogP contribution < -0.4 is 16.4 Å². The summed E-state index contributed by atoms with van der Waals surface area (Å²) in [5.74, 6) is 0.356. The fourth-order valence-electron chi connectivity index (χ4n) is 1.65. The molecule has 1 aromatic carbocycles. The molecule has 2 aromatic rings. The average molecular weight is 276 g/mol. The molecule has 6 heteroatoms. The molecule has 4 N–H and O–H groups in total. The number of anilines is 3. The van der Waals surface area contributed by atoms with E-state index in [4.69, 9.17) is 11.5 Å². The highest BCUT2D eigenvalue weighted by atomic mass is 32.1. The van der Waals surface area contributed by atoms with Crippen LogP contribution in [0, 0.1) is 0 Å². The molecule has 0 unspecified atom stereocenters. The number of primary amides is 1. The van der Waals surface area contributed by atoms with Crippen molar-refractivity contribution in [2.75, 3.05) is 10.6 Å². The SMILES string of the molecule is CC(C)c1cnc(N(C(N)=O)c2ccccc2N)s1. The number of benzene rings is 1. The van der Waals surface area contributed by atoms with Crippen LogP contribution in [-0.4, -0.2) is 11.0 Å². The zero-order valence-electron chi connectivity index (χ0n) is 10.8. The van der Waals surface area contributed by atoms with Gasteiger partial charge in [-0.2, -0.15) is 0 Å². The van der Waals surface area contributed by atoms with E-state index in [1.165, 1.54) is 16.2 Å². The van der Waals surface area contributed by atoms with Crippen molar-refractivity contribution < 1.29 is 4.79 Å². The molecule has 1 aromatic heterocycles. The van der Waals surface area contributed by atoms with Gasteiger partial charge in [0.25, 0.3) is 0 Å². The summed E-state index contributed by atoms with van der Waals surface area (Å²) in [5, 5.41) is 0.536. The molecule has 0 spiro atoms. The largest absolute Gasteiger partial charge is 0.397 e. The zero-order valence-corrected chi connectivity index (χ0v) is 11.6. The number of nitrogen functional groups attached to an aromatic ring is 1. The first-order valence-electron chi connectivity index (χ1n) is 5.90. The molecule has 0 aliphatic heterocycles. The predicted octanol–water partition coefficient (Wildman–Crippen LogP) is 3.07. The second kappa shape index (κ2) is 5.27. The molecule has 0 atom stereocenters. The van der Waals surface area contributed by atoms with Crippen LogP contribution in [0.1, 0.15) is 24.6 Å². The van der Waals surface area contributed by atoms with Gasteiger partial charge in [-0.1, -0.05) is 26.0 Å². The third-order valence-electron chi connectivity index (χ3n) is 2.67. The summed E-state index contributed by atoms with van der Waals surface area (Å²) in [4.78, 5) is 18.4. The Labute approximate surface area is 115 Å². The molecule has 0 saturated heterocycles. The van der Waals surface area contributed by atoms with Gasteiger partial charge in [-0.15, -0.1) is 11.3 Å². The number of hydrogen-bond acceptors (Lipinski definition) is 4. The molecule has 1 heterocycles. The lowest BCUT2D eigenvalue weighted by Gasteiger charge is -2.18. The van der Waals surface area contributed by atoms with E-state index in [1.54, 1.807) is 30.5 Å². The van der Waals surface area contributed by atoms with Crippen LogP contribution in [0.4, 0.5) is 21.3 Å². The van der Waals surface area contributed by atoms with Crippen LogP contribution in [0.25, 0.3) is 0 Å². The fraction of sp³-hybridized carbons (Fsp3) is 0.231. The molecular weight excluding hydrogens is 260 g/mol. The zero-order chi connectivity index (χ0) is 14.0. The number of thiazole rings is 1. The van der Waals surface area contributed by atoms with E-state index in [2.05, 4.69) is 18.8 Å². The lowest BCUT2D eigenvalue weighted by Crippen LogP contribution is -2.31. The normalized spacial score (nSPS) is 10.7. The minimum Gasteiger partial charge on any atom is -0.397 e. The number of urea groups is 1. The Morgan fingerprint density at radius 2 is 2.05 bits per heavy atom. The molecule has 0 radical (unpaired) electrons. The number of para-hydroxylation sites is 2. The third-order valence-corrected chi connectivity index (χ3v) is 3.95. The van der Waals surface area contributed by atoms with E-state index in [-0.39, 0.29) is 0 Å². The summed E-state index contributed by atoms with van der Waals surface area (Å²) in [7, 11) is 0. The van der Waals surface area contributed by atoms with Gasteiger partial charge in [-0.05, 0) is 18.1 Å². The molecule has 0 bridgehead atoms. The smallest absolute Gasteiger partial charge is 0.325 e. The number of carbonyl (C=O) groups is 1. The van der Waals surface area contributed by atoms with Gasteiger partial charge in [0.15, 0.2) is 5.13 Å². The monoisotopic (exact) mass is 276 g/mol. The number of rotatable bonds is 3. The Morgan fingerprint density at radius 3 is 2.58 bits per heavy atom. The maximum absolute atomic E-state index is 11.7. The lowest BCUT2D eigenvalue weighted by atomic mass is 10.2. The molecule has 2 amide bonds. The highest BCUT2D eigenvalue weighted by Crippen LogP contribution is 2.34. The van der Waals surface area contributed by atoms with Crippen LogP contribution in [0.3, 0.4) is 0 Å². The van der Waals surface area contributed by atoms with Gasteiger partial charge >= 0.3 is 6.03 Å². The van der Waals surface area contributed by atoms with Gasteiger partial charge in [0.05, 0.1) is 11.4 Å². The Morgan fingerprint density at radius 1 is 1.37 bits per heavy atom. The average Bonchev–Trinajstić information content (AvgIpc) is 2.81. The molecule has 5 nitrogen and oxygen atoms in total. The highest BCUT2D eigenvalue weighted by molar-refractivity contribution is 7.16. The minimum atomic E-state index is -0.595. The van der Waals surface area contributed by atoms with E-state index >= 15 is 0 Å². The number of aromatic nitrogens is 1. The van der Waals surface area contributed by atoms with E-state index in [1.807, 2.05) is 0 Å². The first-order chi connectivity index (χ1) is 9.00. The van der Waals surface area contributed by atoms with Crippen LogP contribution in [0.15, 0.2) is 30.5 Å². The quantitative estimate of drug-likeness (QED) is 0.845. The summed E-state index contributed by atoms with van der Waals surface area (Å²) in [5.41, 5.74) is 12.4. The van der Waals surface area contributed by atoms with Crippen molar-refractivity contribution in [1.29, 1.82) is 0 Å². The lowest BCUT2D eigenvalue weighted by molar-refractivity contribution is 0.256. The summed E-state index contributed by atoms with van der Waals surface area (Å²) in [6, 6.07) is 6.49. The highest BCUT2D eigenvalue weighted by Gasteiger charge is 2.21. The van der Waals surface area contributed by atoms with E-state index < -0.39 is 6.03 Å². The van der Waals surface area contributed by atoms with Crippen LogP contribution in [-0.2, 0) is 0 Å². The third kappa shape index (κ3) is 2.68. The Hall–Kier alpha value is -2.08. The van der Waals surface area contributed by atoms with Crippen molar-refractivity contribution in [3.63, 3.8) is 0 Å². The number of amides is 2. The Kier molecular flexibility index (Phi) is 3.71. The van der Waals surface area contributed by atoms with Gasteiger partial charge in [-0.25, -0.2) is 14.7 Å². The number of nitrogens with zero attached hydrogens (tertiary/aromatic N) is 2. The van der Waals surface area contributed by atoms with Crippen molar-refractivity contribution in [3.05, 3.63) is 35.3 Å². The van der Waals surface area contributed by atoms with Gasteiger partial charge in [0.2, 0.25) is 0 Å². The number of hydrogen-bond donors (Lipinski definition) is 2. The van der Waals surface area contributed by atoms with E-state index in [0.29, 0.717) is 22.4 Å². The van der Waals surface area contributed by atoms with Gasteiger partial charge in [0, 0.05) is 11.1 Å². The van der Waals surface area contributed by atoms with Crippen molar-refractivity contribution in [2.24, 2.45) is 5.73 Å². The molecule has 0 aliphatic rings. The first-order valence-corrected chi connectivity index (χ1v) is 6.72. The van der Waals surface area contributed by atoms with Crippen LogP contribution in [0.5, 0.6) is 0 Å². The van der Waals surface area contributed by atoms with Gasteiger partial charge in [0.1, 0.15) is 0 Å². The van der Waals surface area contributed by atoms with Gasteiger partial charge < -0.3 is 11.5 Å².